The Balaban J connectivity index is 0.000000290. The van der Waals surface area contributed by atoms with E-state index in [4.69, 9.17) is 5.14 Å². The quantitative estimate of drug-likeness (QED) is 0.848. The van der Waals surface area contributed by atoms with Crippen LogP contribution in [0.1, 0.15) is 48.8 Å². The van der Waals surface area contributed by atoms with Gasteiger partial charge in [-0.2, -0.15) is 13.1 Å². The topological polar surface area (TPSA) is 72.2 Å². The smallest absolute Gasteiger partial charge is 0.216 e. The summed E-state index contributed by atoms with van der Waals surface area (Å²) in [6.45, 7) is 4.13. The minimum atomic E-state index is -3.66. The van der Waals surface area contributed by atoms with Crippen LogP contribution in [0.3, 0.4) is 0 Å². The van der Waals surface area contributed by atoms with E-state index in [9.17, 15) is 8.42 Å². The van der Waals surface area contributed by atoms with Crippen molar-refractivity contribution >= 4 is 10.2 Å². The molecule has 3 N–H and O–H groups in total. The van der Waals surface area contributed by atoms with Gasteiger partial charge in [0, 0.05) is 5.54 Å². The van der Waals surface area contributed by atoms with E-state index in [0.29, 0.717) is 6.42 Å². The zero-order valence-corrected chi connectivity index (χ0v) is 16.6. The molecule has 1 aliphatic carbocycles. The summed E-state index contributed by atoms with van der Waals surface area (Å²) in [5, 5.41) is 5.20. The van der Waals surface area contributed by atoms with Crippen LogP contribution in [0.25, 0.3) is 0 Å². The van der Waals surface area contributed by atoms with Crippen LogP contribution in [0.15, 0.2) is 54.6 Å². The molecule has 142 valence electrons. The Labute approximate surface area is 158 Å². The number of aryl methyl sites for hydroxylation is 2. The van der Waals surface area contributed by atoms with Crippen LogP contribution in [0.4, 0.5) is 0 Å². The summed E-state index contributed by atoms with van der Waals surface area (Å²) in [6.07, 6.45) is 5.70. The predicted molar refractivity (Wildman–Crippen MR) is 108 cm³/mol. The lowest BCUT2D eigenvalue weighted by Gasteiger charge is -2.37. The molecule has 0 heterocycles. The molecule has 2 aromatic carbocycles. The minimum Gasteiger partial charge on any atom is -0.216 e. The zero-order chi connectivity index (χ0) is 19.0. The minimum absolute atomic E-state index is 0.403. The fourth-order valence-electron chi connectivity index (χ4n) is 3.59. The molecule has 0 bridgehead atoms. The number of hydrogen-bond donors (Lipinski definition) is 2. The molecule has 0 spiro atoms. The second-order valence-electron chi connectivity index (χ2n) is 7.31. The maximum Gasteiger partial charge on any atom is 0.274 e. The number of nitrogens with one attached hydrogen (secondary N) is 1. The molecule has 3 rings (SSSR count). The van der Waals surface area contributed by atoms with Crippen molar-refractivity contribution < 1.29 is 8.42 Å². The molecular weight excluding hydrogens is 344 g/mol. The van der Waals surface area contributed by atoms with E-state index < -0.39 is 15.7 Å². The van der Waals surface area contributed by atoms with Gasteiger partial charge in [0.25, 0.3) is 10.2 Å². The first-order chi connectivity index (χ1) is 12.3. The van der Waals surface area contributed by atoms with E-state index in [1.165, 1.54) is 17.5 Å². The second-order valence-corrected chi connectivity index (χ2v) is 8.60. The van der Waals surface area contributed by atoms with Crippen molar-refractivity contribution in [1.82, 2.24) is 4.72 Å². The summed E-state index contributed by atoms with van der Waals surface area (Å²) >= 11 is 0. The van der Waals surface area contributed by atoms with Gasteiger partial charge in [-0.15, -0.1) is 0 Å². The standard InChI is InChI=1S/C14H22N2O2S.C7H8/c1-12-6-5-7-13(10-12)11-14(16-19(15,17)18)8-3-2-4-9-14;1-7-5-3-2-4-6-7/h5-7,10,16H,2-4,8-9,11H2,1H3,(H2,15,17,18);2-6H,1H3. The number of benzene rings is 2. The highest BCUT2D eigenvalue weighted by Crippen LogP contribution is 2.32. The number of hydrogen-bond acceptors (Lipinski definition) is 2. The Bertz CT molecular complexity index is 783. The second kappa shape index (κ2) is 9.31. The number of nitrogens with two attached hydrogens (primary N) is 1. The molecule has 0 amide bonds. The molecule has 0 aromatic heterocycles. The Morgan fingerprint density at radius 3 is 2.04 bits per heavy atom. The van der Waals surface area contributed by atoms with Gasteiger partial charge in [0.2, 0.25) is 0 Å². The third-order valence-electron chi connectivity index (χ3n) is 4.73. The van der Waals surface area contributed by atoms with Gasteiger partial charge in [-0.05, 0) is 38.7 Å². The Hall–Kier alpha value is -1.69. The summed E-state index contributed by atoms with van der Waals surface area (Å²) in [5.74, 6) is 0. The van der Waals surface area contributed by atoms with Crippen LogP contribution in [-0.4, -0.2) is 14.0 Å². The summed E-state index contributed by atoms with van der Waals surface area (Å²) in [5.41, 5.74) is 3.28. The van der Waals surface area contributed by atoms with Crippen LogP contribution >= 0.6 is 0 Å². The maximum atomic E-state index is 11.4. The van der Waals surface area contributed by atoms with E-state index in [2.05, 4.69) is 29.8 Å². The molecule has 5 heteroatoms. The lowest BCUT2D eigenvalue weighted by atomic mass is 9.78. The monoisotopic (exact) mass is 374 g/mol. The Kier molecular flexibility index (Phi) is 7.38. The van der Waals surface area contributed by atoms with Crippen molar-refractivity contribution in [2.45, 2.75) is 57.9 Å². The molecular formula is C21H30N2O2S. The molecule has 4 nitrogen and oxygen atoms in total. The molecule has 0 atom stereocenters. The molecule has 1 aliphatic rings. The zero-order valence-electron chi connectivity index (χ0n) is 15.7. The van der Waals surface area contributed by atoms with Gasteiger partial charge < -0.3 is 0 Å². The van der Waals surface area contributed by atoms with Gasteiger partial charge in [0.05, 0.1) is 0 Å². The SMILES string of the molecule is Cc1cccc(CC2(NS(N)(=O)=O)CCCCC2)c1.Cc1ccccc1. The van der Waals surface area contributed by atoms with E-state index >= 15 is 0 Å². The van der Waals surface area contributed by atoms with Gasteiger partial charge in [-0.1, -0.05) is 85.0 Å². The highest BCUT2D eigenvalue weighted by Gasteiger charge is 2.35. The van der Waals surface area contributed by atoms with Crippen molar-refractivity contribution in [3.8, 4) is 0 Å². The van der Waals surface area contributed by atoms with Crippen LogP contribution in [0, 0.1) is 13.8 Å². The fraction of sp³-hybridized carbons (Fsp3) is 0.429. The Morgan fingerprint density at radius 1 is 0.923 bits per heavy atom. The molecule has 26 heavy (non-hydrogen) atoms. The highest BCUT2D eigenvalue weighted by molar-refractivity contribution is 7.87. The first-order valence-electron chi connectivity index (χ1n) is 9.17. The first-order valence-corrected chi connectivity index (χ1v) is 10.7. The van der Waals surface area contributed by atoms with Crippen LogP contribution in [-0.2, 0) is 16.6 Å². The Morgan fingerprint density at radius 2 is 1.54 bits per heavy atom. The largest absolute Gasteiger partial charge is 0.274 e. The molecule has 1 fully saturated rings. The summed E-state index contributed by atoms with van der Waals surface area (Å²) in [4.78, 5) is 0. The van der Waals surface area contributed by atoms with Gasteiger partial charge in [0.15, 0.2) is 0 Å². The fourth-order valence-corrected chi connectivity index (χ4v) is 4.47. The molecule has 1 saturated carbocycles. The summed E-state index contributed by atoms with van der Waals surface area (Å²) in [7, 11) is -3.66. The van der Waals surface area contributed by atoms with Crippen molar-refractivity contribution in [2.75, 3.05) is 0 Å². The third-order valence-corrected chi connectivity index (χ3v) is 5.45. The summed E-state index contributed by atoms with van der Waals surface area (Å²) in [6, 6.07) is 18.5. The van der Waals surface area contributed by atoms with Crippen molar-refractivity contribution in [3.63, 3.8) is 0 Å². The van der Waals surface area contributed by atoms with Crippen LogP contribution < -0.4 is 9.86 Å². The summed E-state index contributed by atoms with van der Waals surface area (Å²) < 4.78 is 25.5. The van der Waals surface area contributed by atoms with E-state index in [1.54, 1.807) is 0 Å². The first kappa shape index (κ1) is 20.6. The van der Waals surface area contributed by atoms with Crippen molar-refractivity contribution in [1.29, 1.82) is 0 Å². The normalized spacial score (nSPS) is 16.4. The average Bonchev–Trinajstić information content (AvgIpc) is 2.55. The highest BCUT2D eigenvalue weighted by atomic mass is 32.2. The third kappa shape index (κ3) is 7.28. The molecule has 0 radical (unpaired) electrons. The van der Waals surface area contributed by atoms with E-state index in [0.717, 1.165) is 31.2 Å². The van der Waals surface area contributed by atoms with Crippen molar-refractivity contribution in [3.05, 3.63) is 71.3 Å². The predicted octanol–water partition coefficient (Wildman–Crippen LogP) is 4.03. The van der Waals surface area contributed by atoms with Gasteiger partial charge >= 0.3 is 0 Å². The lowest BCUT2D eigenvalue weighted by Crippen LogP contribution is -2.53. The molecule has 0 unspecified atom stereocenters. The van der Waals surface area contributed by atoms with E-state index in [-0.39, 0.29) is 0 Å². The van der Waals surface area contributed by atoms with Crippen molar-refractivity contribution in [2.24, 2.45) is 5.14 Å². The van der Waals surface area contributed by atoms with Gasteiger partial charge in [0.1, 0.15) is 0 Å². The van der Waals surface area contributed by atoms with Crippen LogP contribution in [0.5, 0.6) is 0 Å². The van der Waals surface area contributed by atoms with Crippen LogP contribution in [0.2, 0.25) is 0 Å². The molecule has 2 aromatic rings. The van der Waals surface area contributed by atoms with E-state index in [1.807, 2.05) is 43.3 Å². The number of rotatable bonds is 4. The molecule has 0 saturated heterocycles. The lowest BCUT2D eigenvalue weighted by molar-refractivity contribution is 0.267. The molecule has 0 aliphatic heterocycles. The average molecular weight is 375 g/mol. The van der Waals surface area contributed by atoms with Gasteiger partial charge in [-0.3, -0.25) is 0 Å². The van der Waals surface area contributed by atoms with Gasteiger partial charge in [-0.25, -0.2) is 5.14 Å². The maximum absolute atomic E-state index is 11.4.